The molecule has 0 fully saturated rings. The van der Waals surface area contributed by atoms with E-state index in [2.05, 4.69) is 15.2 Å². The van der Waals surface area contributed by atoms with Gasteiger partial charge in [0.25, 0.3) is 5.22 Å². The smallest absolute Gasteiger partial charge is 0.277 e. The van der Waals surface area contributed by atoms with E-state index in [1.165, 1.54) is 11.8 Å². The molecule has 0 amide bonds. The maximum absolute atomic E-state index is 12.8. The highest BCUT2D eigenvalue weighted by atomic mass is 32.2. The molecule has 2 heterocycles. The molecule has 5 nitrogen and oxygen atoms in total. The van der Waals surface area contributed by atoms with Crippen molar-refractivity contribution in [1.29, 1.82) is 0 Å². The maximum atomic E-state index is 12.8. The number of thioether (sulfide) groups is 2. The first-order chi connectivity index (χ1) is 11.1. The average molecular weight is 347 g/mol. The SMILES string of the molecule is CSCc1nnc(S[C@@H](C)C(=O)c2c(C)[nH]c3ccccc23)o1. The van der Waals surface area contributed by atoms with Gasteiger partial charge in [0.2, 0.25) is 5.89 Å². The molecule has 3 rings (SSSR count). The molecule has 0 aliphatic heterocycles. The van der Waals surface area contributed by atoms with Crippen molar-refractivity contribution in [2.24, 2.45) is 0 Å². The Hall–Kier alpha value is -1.73. The summed E-state index contributed by atoms with van der Waals surface area (Å²) in [5.41, 5.74) is 2.60. The second-order valence-corrected chi connectivity index (χ2v) is 7.35. The topological polar surface area (TPSA) is 71.8 Å². The third-order valence-corrected chi connectivity index (χ3v) is 4.97. The molecule has 1 aromatic carbocycles. The number of hydrogen-bond donors (Lipinski definition) is 1. The first-order valence-electron chi connectivity index (χ1n) is 7.19. The number of hydrogen-bond acceptors (Lipinski definition) is 6. The highest BCUT2D eigenvalue weighted by Crippen LogP contribution is 2.29. The van der Waals surface area contributed by atoms with Gasteiger partial charge in [0.15, 0.2) is 5.78 Å². The molecule has 2 aromatic heterocycles. The van der Waals surface area contributed by atoms with Crippen LogP contribution >= 0.6 is 23.5 Å². The first-order valence-corrected chi connectivity index (χ1v) is 9.47. The summed E-state index contributed by atoms with van der Waals surface area (Å²) in [4.78, 5) is 16.1. The van der Waals surface area contributed by atoms with Crippen molar-refractivity contribution in [3.63, 3.8) is 0 Å². The van der Waals surface area contributed by atoms with Gasteiger partial charge in [-0.3, -0.25) is 4.79 Å². The van der Waals surface area contributed by atoms with Crippen molar-refractivity contribution < 1.29 is 9.21 Å². The number of nitrogens with zero attached hydrogens (tertiary/aromatic N) is 2. The maximum Gasteiger partial charge on any atom is 0.277 e. The van der Waals surface area contributed by atoms with Crippen molar-refractivity contribution in [2.75, 3.05) is 6.26 Å². The number of benzene rings is 1. The van der Waals surface area contributed by atoms with Crippen LogP contribution in [0.3, 0.4) is 0 Å². The van der Waals surface area contributed by atoms with Crippen LogP contribution in [0.15, 0.2) is 33.9 Å². The number of carbonyl (C=O) groups is 1. The summed E-state index contributed by atoms with van der Waals surface area (Å²) < 4.78 is 5.54. The molecule has 0 unspecified atom stereocenters. The van der Waals surface area contributed by atoms with Crippen LogP contribution in [0.5, 0.6) is 0 Å². The highest BCUT2D eigenvalue weighted by Gasteiger charge is 2.24. The second-order valence-electron chi connectivity index (χ2n) is 5.19. The lowest BCUT2D eigenvalue weighted by atomic mass is 10.1. The number of ketones is 1. The Morgan fingerprint density at radius 2 is 2.13 bits per heavy atom. The number of aromatic amines is 1. The lowest BCUT2D eigenvalue weighted by Crippen LogP contribution is -2.14. The van der Waals surface area contributed by atoms with Gasteiger partial charge in [0, 0.05) is 22.2 Å². The van der Waals surface area contributed by atoms with Gasteiger partial charge < -0.3 is 9.40 Å². The normalized spacial score (nSPS) is 12.7. The average Bonchev–Trinajstić information content (AvgIpc) is 3.10. The molecule has 0 bridgehead atoms. The molecule has 7 heteroatoms. The lowest BCUT2D eigenvalue weighted by molar-refractivity contribution is 0.0994. The number of aryl methyl sites for hydroxylation is 1. The number of H-pyrrole nitrogens is 1. The molecule has 0 saturated heterocycles. The molecule has 0 saturated carbocycles. The fourth-order valence-electron chi connectivity index (χ4n) is 2.47. The van der Waals surface area contributed by atoms with E-state index in [9.17, 15) is 4.79 Å². The number of aromatic nitrogens is 3. The van der Waals surface area contributed by atoms with E-state index in [0.717, 1.165) is 22.2 Å². The van der Waals surface area contributed by atoms with E-state index in [4.69, 9.17) is 4.42 Å². The number of rotatable bonds is 6. The van der Waals surface area contributed by atoms with Gasteiger partial charge in [-0.05, 0) is 26.2 Å². The van der Waals surface area contributed by atoms with Crippen LogP contribution in [0.1, 0.15) is 28.9 Å². The van der Waals surface area contributed by atoms with Crippen LogP contribution in [-0.2, 0) is 5.75 Å². The zero-order valence-electron chi connectivity index (χ0n) is 13.1. The second kappa shape index (κ2) is 6.80. The van der Waals surface area contributed by atoms with Gasteiger partial charge in [-0.15, -0.1) is 10.2 Å². The Morgan fingerprint density at radius 3 is 2.91 bits per heavy atom. The predicted molar refractivity (Wildman–Crippen MR) is 94.2 cm³/mol. The largest absolute Gasteiger partial charge is 0.415 e. The minimum Gasteiger partial charge on any atom is -0.415 e. The van der Waals surface area contributed by atoms with Gasteiger partial charge in [-0.2, -0.15) is 11.8 Å². The van der Waals surface area contributed by atoms with Crippen LogP contribution in [0.2, 0.25) is 0 Å². The minimum absolute atomic E-state index is 0.0644. The lowest BCUT2D eigenvalue weighted by Gasteiger charge is -2.07. The number of carbonyl (C=O) groups excluding carboxylic acids is 1. The van der Waals surface area contributed by atoms with Crippen LogP contribution in [0.25, 0.3) is 10.9 Å². The first kappa shape index (κ1) is 16.1. The van der Waals surface area contributed by atoms with E-state index in [-0.39, 0.29) is 11.0 Å². The number of Topliss-reactive ketones (excluding diaryl/α,β-unsaturated/α-hetero) is 1. The Balaban J connectivity index is 1.82. The van der Waals surface area contributed by atoms with Gasteiger partial charge in [0.05, 0.1) is 11.0 Å². The van der Waals surface area contributed by atoms with Crippen molar-refractivity contribution in [3.05, 3.63) is 41.4 Å². The molecule has 0 radical (unpaired) electrons. The fraction of sp³-hybridized carbons (Fsp3) is 0.312. The fourth-order valence-corrected chi connectivity index (χ4v) is 3.59. The van der Waals surface area contributed by atoms with Gasteiger partial charge in [0.1, 0.15) is 0 Å². The molecular weight excluding hydrogens is 330 g/mol. The Labute approximate surface area is 142 Å². The van der Waals surface area contributed by atoms with Crippen molar-refractivity contribution >= 4 is 40.2 Å². The molecule has 0 spiro atoms. The van der Waals surface area contributed by atoms with Crippen molar-refractivity contribution in [1.82, 2.24) is 15.2 Å². The summed E-state index contributed by atoms with van der Waals surface area (Å²) in [6.07, 6.45) is 1.98. The van der Waals surface area contributed by atoms with Crippen LogP contribution in [0, 0.1) is 6.92 Å². The molecule has 3 aromatic rings. The molecule has 0 aliphatic rings. The number of para-hydroxylation sites is 1. The van der Waals surface area contributed by atoms with E-state index in [1.54, 1.807) is 11.8 Å². The summed E-state index contributed by atoms with van der Waals surface area (Å²) >= 11 is 2.92. The third kappa shape index (κ3) is 3.30. The zero-order valence-corrected chi connectivity index (χ0v) is 14.8. The van der Waals surface area contributed by atoms with Crippen molar-refractivity contribution in [3.8, 4) is 0 Å². The zero-order chi connectivity index (χ0) is 16.4. The summed E-state index contributed by atoms with van der Waals surface area (Å²) in [6, 6.07) is 7.84. The minimum atomic E-state index is -0.296. The summed E-state index contributed by atoms with van der Waals surface area (Å²) in [5.74, 6) is 1.33. The Bertz CT molecular complexity index is 841. The Kier molecular flexibility index (Phi) is 4.77. The van der Waals surface area contributed by atoms with Crippen LogP contribution < -0.4 is 0 Å². The predicted octanol–water partition coefficient (Wildman–Crippen LogP) is 4.09. The quantitative estimate of drug-likeness (QED) is 0.535. The molecular formula is C16H17N3O2S2. The van der Waals surface area contributed by atoms with Gasteiger partial charge >= 0.3 is 0 Å². The van der Waals surface area contributed by atoms with E-state index in [1.807, 2.05) is 44.4 Å². The Morgan fingerprint density at radius 1 is 1.35 bits per heavy atom. The third-order valence-electron chi connectivity index (χ3n) is 3.50. The number of fused-ring (bicyclic) bond motifs is 1. The van der Waals surface area contributed by atoms with Gasteiger partial charge in [-0.25, -0.2) is 0 Å². The van der Waals surface area contributed by atoms with E-state index < -0.39 is 0 Å². The molecule has 0 aliphatic carbocycles. The van der Waals surface area contributed by atoms with E-state index >= 15 is 0 Å². The number of nitrogens with one attached hydrogen (secondary N) is 1. The molecule has 1 atom stereocenters. The molecule has 120 valence electrons. The van der Waals surface area contributed by atoms with Gasteiger partial charge in [-0.1, -0.05) is 30.0 Å². The highest BCUT2D eigenvalue weighted by molar-refractivity contribution is 8.00. The monoisotopic (exact) mass is 347 g/mol. The molecule has 23 heavy (non-hydrogen) atoms. The van der Waals surface area contributed by atoms with Crippen LogP contribution in [0.4, 0.5) is 0 Å². The summed E-state index contributed by atoms with van der Waals surface area (Å²) in [7, 11) is 0. The molecule has 1 N–H and O–H groups in total. The van der Waals surface area contributed by atoms with Crippen LogP contribution in [-0.4, -0.2) is 32.5 Å². The summed E-state index contributed by atoms with van der Waals surface area (Å²) in [5, 5.41) is 9.07. The van der Waals surface area contributed by atoms with Crippen molar-refractivity contribution in [2.45, 2.75) is 30.1 Å². The summed E-state index contributed by atoms with van der Waals surface area (Å²) in [6.45, 7) is 3.79. The standard InChI is InChI=1S/C16H17N3O2S2/c1-9-14(11-6-4-5-7-12(11)17-9)15(20)10(2)23-16-19-18-13(21-16)8-22-3/h4-7,10,17H,8H2,1-3H3/t10-/m0/s1. The van der Waals surface area contributed by atoms with E-state index in [0.29, 0.717) is 16.9 Å².